The molecule has 1 atom stereocenters. The van der Waals surface area contributed by atoms with Gasteiger partial charge in [-0.05, 0) is 44.9 Å². The van der Waals surface area contributed by atoms with Crippen molar-refractivity contribution < 1.29 is 14.2 Å². The number of aliphatic imine (C=N–C) groups is 1. The number of ether oxygens (including phenoxy) is 3. The Morgan fingerprint density at radius 1 is 1.17 bits per heavy atom. The predicted molar refractivity (Wildman–Crippen MR) is 133 cm³/mol. The number of halogens is 1. The molecule has 1 aliphatic rings. The van der Waals surface area contributed by atoms with Crippen LogP contribution in [0.2, 0.25) is 0 Å². The van der Waals surface area contributed by atoms with Gasteiger partial charge in [-0.25, -0.2) is 4.99 Å². The third-order valence-corrected chi connectivity index (χ3v) is 5.11. The number of aryl methyl sites for hydroxylation is 1. The van der Waals surface area contributed by atoms with Gasteiger partial charge in [0, 0.05) is 45.5 Å². The average molecular weight is 534 g/mol. The molecule has 1 aromatic carbocycles. The van der Waals surface area contributed by atoms with Crippen molar-refractivity contribution in [3.8, 4) is 5.75 Å². The molecule has 0 aliphatic carbocycles. The van der Waals surface area contributed by atoms with Gasteiger partial charge in [-0.1, -0.05) is 12.1 Å². The summed E-state index contributed by atoms with van der Waals surface area (Å²) in [4.78, 5) is 7.29. The summed E-state index contributed by atoms with van der Waals surface area (Å²) in [6.45, 7) is 10.5. The van der Waals surface area contributed by atoms with E-state index in [1.807, 2.05) is 0 Å². The molecule has 1 fully saturated rings. The smallest absolute Gasteiger partial charge is 0.191 e. The summed E-state index contributed by atoms with van der Waals surface area (Å²) in [5.41, 5.74) is 2.25. The number of nitrogens with zero attached hydrogens (tertiary/aromatic N) is 2. The number of hydrogen-bond donors (Lipinski definition) is 2. The van der Waals surface area contributed by atoms with E-state index < -0.39 is 0 Å². The molecule has 1 saturated heterocycles. The first-order chi connectivity index (χ1) is 14.2. The molecular weight excluding hydrogens is 495 g/mol. The first-order valence-corrected chi connectivity index (χ1v) is 10.6. The van der Waals surface area contributed by atoms with E-state index in [9.17, 15) is 0 Å². The number of nitrogens with one attached hydrogen (secondary N) is 2. The van der Waals surface area contributed by atoms with E-state index in [1.165, 1.54) is 18.4 Å². The Morgan fingerprint density at radius 2 is 1.97 bits per heavy atom. The van der Waals surface area contributed by atoms with Gasteiger partial charge in [-0.15, -0.1) is 24.0 Å². The molecule has 1 heterocycles. The molecule has 0 spiro atoms. The summed E-state index contributed by atoms with van der Waals surface area (Å²) < 4.78 is 16.2. The lowest BCUT2D eigenvalue weighted by molar-refractivity contribution is 0.141. The summed E-state index contributed by atoms with van der Waals surface area (Å²) in [5.74, 6) is 1.72. The van der Waals surface area contributed by atoms with Gasteiger partial charge in [0.15, 0.2) is 5.96 Å². The number of methoxy groups -OCH3 is 2. The average Bonchev–Trinajstić information content (AvgIpc) is 3.17. The second-order valence-electron chi connectivity index (χ2n) is 7.35. The lowest BCUT2D eigenvalue weighted by Crippen LogP contribution is -2.45. The van der Waals surface area contributed by atoms with Gasteiger partial charge in [0.05, 0.1) is 19.8 Å². The Balaban J connectivity index is 0.00000450. The standard InChI is InChI=1S/C22H38N4O3.HI/c1-5-23-22(25-17-20-7-6-10-26(20)11-12-27-3)24-16-19-9-8-18(2)15-21(19)29-14-13-28-4;/h8-9,15,20H,5-7,10-14,16-17H2,1-4H3,(H2,23,24,25);1H. The zero-order valence-corrected chi connectivity index (χ0v) is 21.2. The molecular formula is C22H39IN4O3. The third kappa shape index (κ3) is 9.36. The molecule has 2 N–H and O–H groups in total. The topological polar surface area (TPSA) is 67.4 Å². The van der Waals surface area contributed by atoms with Gasteiger partial charge in [0.25, 0.3) is 0 Å². The molecule has 30 heavy (non-hydrogen) atoms. The van der Waals surface area contributed by atoms with Crippen LogP contribution in [0.4, 0.5) is 0 Å². The van der Waals surface area contributed by atoms with Crippen LogP contribution < -0.4 is 15.4 Å². The van der Waals surface area contributed by atoms with Crippen molar-refractivity contribution in [3.63, 3.8) is 0 Å². The van der Waals surface area contributed by atoms with Crippen LogP contribution in [-0.2, 0) is 16.0 Å². The maximum atomic E-state index is 5.89. The lowest BCUT2D eigenvalue weighted by Gasteiger charge is -2.25. The van der Waals surface area contributed by atoms with Gasteiger partial charge < -0.3 is 24.8 Å². The zero-order chi connectivity index (χ0) is 20.9. The van der Waals surface area contributed by atoms with Crippen molar-refractivity contribution in [2.24, 2.45) is 4.99 Å². The number of likely N-dealkylation sites (tertiary alicyclic amines) is 1. The Morgan fingerprint density at radius 3 is 2.70 bits per heavy atom. The molecule has 0 aromatic heterocycles. The Kier molecular flexibility index (Phi) is 14.1. The normalized spacial score (nSPS) is 16.9. The van der Waals surface area contributed by atoms with Crippen molar-refractivity contribution in [2.75, 3.05) is 60.2 Å². The lowest BCUT2D eigenvalue weighted by atomic mass is 10.1. The zero-order valence-electron chi connectivity index (χ0n) is 18.9. The van der Waals surface area contributed by atoms with E-state index in [4.69, 9.17) is 19.2 Å². The van der Waals surface area contributed by atoms with Crippen LogP contribution in [0.25, 0.3) is 0 Å². The highest BCUT2D eigenvalue weighted by Crippen LogP contribution is 2.21. The van der Waals surface area contributed by atoms with Gasteiger partial charge in [-0.2, -0.15) is 0 Å². The largest absolute Gasteiger partial charge is 0.491 e. The van der Waals surface area contributed by atoms with Gasteiger partial charge >= 0.3 is 0 Å². The summed E-state index contributed by atoms with van der Waals surface area (Å²) in [6.07, 6.45) is 2.46. The van der Waals surface area contributed by atoms with Crippen molar-refractivity contribution >= 4 is 29.9 Å². The van der Waals surface area contributed by atoms with Crippen molar-refractivity contribution in [3.05, 3.63) is 29.3 Å². The molecule has 1 aromatic rings. The van der Waals surface area contributed by atoms with Crippen LogP contribution in [0, 0.1) is 6.92 Å². The second-order valence-corrected chi connectivity index (χ2v) is 7.35. The highest BCUT2D eigenvalue weighted by Gasteiger charge is 2.23. The second kappa shape index (κ2) is 15.7. The van der Waals surface area contributed by atoms with E-state index in [0.29, 0.717) is 25.8 Å². The van der Waals surface area contributed by atoms with Gasteiger partial charge in [0.1, 0.15) is 12.4 Å². The molecule has 8 heteroatoms. The number of benzene rings is 1. The van der Waals surface area contributed by atoms with E-state index in [0.717, 1.165) is 50.1 Å². The Bertz CT molecular complexity index is 630. The maximum Gasteiger partial charge on any atom is 0.191 e. The van der Waals surface area contributed by atoms with Crippen LogP contribution in [0.15, 0.2) is 23.2 Å². The van der Waals surface area contributed by atoms with Crippen molar-refractivity contribution in [1.29, 1.82) is 0 Å². The number of rotatable bonds is 12. The Labute approximate surface area is 199 Å². The minimum absolute atomic E-state index is 0. The van der Waals surface area contributed by atoms with E-state index in [1.54, 1.807) is 14.2 Å². The molecule has 0 amide bonds. The summed E-state index contributed by atoms with van der Waals surface area (Å²) >= 11 is 0. The summed E-state index contributed by atoms with van der Waals surface area (Å²) in [6, 6.07) is 6.78. The fourth-order valence-corrected chi connectivity index (χ4v) is 3.51. The predicted octanol–water partition coefficient (Wildman–Crippen LogP) is 2.80. The van der Waals surface area contributed by atoms with E-state index in [-0.39, 0.29) is 24.0 Å². The van der Waals surface area contributed by atoms with Crippen LogP contribution in [0.5, 0.6) is 5.75 Å². The van der Waals surface area contributed by atoms with Crippen LogP contribution in [-0.4, -0.2) is 77.1 Å². The number of hydrogen-bond acceptors (Lipinski definition) is 5. The van der Waals surface area contributed by atoms with Crippen LogP contribution in [0.3, 0.4) is 0 Å². The quantitative estimate of drug-likeness (QED) is 0.186. The molecule has 1 aliphatic heterocycles. The van der Waals surface area contributed by atoms with E-state index in [2.05, 4.69) is 47.6 Å². The van der Waals surface area contributed by atoms with Crippen LogP contribution in [0.1, 0.15) is 30.9 Å². The molecule has 0 saturated carbocycles. The fraction of sp³-hybridized carbons (Fsp3) is 0.682. The molecule has 1 unspecified atom stereocenters. The van der Waals surface area contributed by atoms with Gasteiger partial charge in [0.2, 0.25) is 0 Å². The molecule has 0 radical (unpaired) electrons. The minimum Gasteiger partial charge on any atom is -0.491 e. The van der Waals surface area contributed by atoms with Crippen LogP contribution >= 0.6 is 24.0 Å². The molecule has 2 rings (SSSR count). The monoisotopic (exact) mass is 534 g/mol. The highest BCUT2D eigenvalue weighted by molar-refractivity contribution is 14.0. The summed E-state index contributed by atoms with van der Waals surface area (Å²) in [5, 5.41) is 6.87. The van der Waals surface area contributed by atoms with Gasteiger partial charge in [-0.3, -0.25) is 4.90 Å². The van der Waals surface area contributed by atoms with E-state index >= 15 is 0 Å². The first-order valence-electron chi connectivity index (χ1n) is 10.6. The summed E-state index contributed by atoms with van der Waals surface area (Å²) in [7, 11) is 3.44. The SMILES string of the molecule is CCNC(=NCc1ccc(C)cc1OCCOC)NCC1CCCN1CCOC.I. The minimum atomic E-state index is 0. The maximum absolute atomic E-state index is 5.89. The van der Waals surface area contributed by atoms with Crippen molar-refractivity contribution in [2.45, 2.75) is 39.3 Å². The highest BCUT2D eigenvalue weighted by atomic mass is 127. The Hall–Kier alpha value is -1.10. The molecule has 0 bridgehead atoms. The fourth-order valence-electron chi connectivity index (χ4n) is 3.51. The molecule has 7 nitrogen and oxygen atoms in total. The number of guanidine groups is 1. The van der Waals surface area contributed by atoms with Crippen molar-refractivity contribution in [1.82, 2.24) is 15.5 Å². The molecule has 172 valence electrons. The first kappa shape index (κ1) is 26.9. The third-order valence-electron chi connectivity index (χ3n) is 5.11.